The van der Waals surface area contributed by atoms with Gasteiger partial charge in [0.1, 0.15) is 24.0 Å². The first-order chi connectivity index (χ1) is 17.1. The molecule has 3 aromatic rings. The van der Waals surface area contributed by atoms with Crippen LogP contribution in [0.25, 0.3) is 6.08 Å². The lowest BCUT2D eigenvalue weighted by atomic mass is 10.0. The van der Waals surface area contributed by atoms with Gasteiger partial charge in [0.15, 0.2) is 17.3 Å². The second-order valence-electron chi connectivity index (χ2n) is 8.33. The van der Waals surface area contributed by atoms with Crippen molar-refractivity contribution in [3.05, 3.63) is 82.6 Å². The monoisotopic (exact) mass is 473 g/mol. The first kappa shape index (κ1) is 22.8. The maximum absolute atomic E-state index is 13.2. The summed E-state index contributed by atoms with van der Waals surface area (Å²) in [7, 11) is 4.83. The summed E-state index contributed by atoms with van der Waals surface area (Å²) in [4.78, 5) is 15.4. The van der Waals surface area contributed by atoms with E-state index in [0.717, 1.165) is 35.6 Å². The number of allylic oxidation sites excluding steroid dienone is 1. The Morgan fingerprint density at radius 2 is 1.74 bits per heavy atom. The molecule has 0 radical (unpaired) electrons. The summed E-state index contributed by atoms with van der Waals surface area (Å²) in [5.41, 5.74) is 3.25. The third kappa shape index (κ3) is 4.31. The van der Waals surface area contributed by atoms with Gasteiger partial charge >= 0.3 is 0 Å². The molecule has 0 saturated heterocycles. The number of hydrogen-bond donors (Lipinski definition) is 0. The fourth-order valence-corrected chi connectivity index (χ4v) is 4.50. The van der Waals surface area contributed by atoms with E-state index in [9.17, 15) is 4.79 Å². The molecule has 2 heterocycles. The van der Waals surface area contributed by atoms with E-state index in [4.69, 9.17) is 23.7 Å². The highest BCUT2D eigenvalue weighted by atomic mass is 16.5. The van der Waals surface area contributed by atoms with Crippen molar-refractivity contribution in [3.63, 3.8) is 0 Å². The summed E-state index contributed by atoms with van der Waals surface area (Å²) >= 11 is 0. The molecular weight excluding hydrogens is 446 g/mol. The van der Waals surface area contributed by atoms with Crippen molar-refractivity contribution in [2.75, 3.05) is 34.6 Å². The van der Waals surface area contributed by atoms with Crippen molar-refractivity contribution >= 4 is 11.9 Å². The zero-order valence-electron chi connectivity index (χ0n) is 20.0. The second-order valence-corrected chi connectivity index (χ2v) is 8.33. The summed E-state index contributed by atoms with van der Waals surface area (Å²) in [5.74, 6) is 3.38. The quantitative estimate of drug-likeness (QED) is 0.460. The molecule has 3 aromatic carbocycles. The summed E-state index contributed by atoms with van der Waals surface area (Å²) in [6.45, 7) is 1.87. The topological polar surface area (TPSA) is 66.5 Å². The zero-order chi connectivity index (χ0) is 24.4. The molecule has 0 bridgehead atoms. The van der Waals surface area contributed by atoms with Crippen LogP contribution >= 0.6 is 0 Å². The van der Waals surface area contributed by atoms with Gasteiger partial charge in [-0.15, -0.1) is 0 Å². The average Bonchev–Trinajstić information content (AvgIpc) is 3.22. The molecular formula is C28H27NO6. The van der Waals surface area contributed by atoms with Crippen molar-refractivity contribution in [3.8, 4) is 28.7 Å². The van der Waals surface area contributed by atoms with Gasteiger partial charge in [-0.2, -0.15) is 0 Å². The molecule has 0 amide bonds. The summed E-state index contributed by atoms with van der Waals surface area (Å²) in [6.07, 6.45) is 2.51. The lowest BCUT2D eigenvalue weighted by molar-refractivity contribution is 0.0948. The number of nitrogens with zero attached hydrogens (tertiary/aromatic N) is 1. The second kappa shape index (κ2) is 9.72. The maximum Gasteiger partial charge on any atom is 0.231 e. The van der Waals surface area contributed by atoms with Gasteiger partial charge in [0, 0.05) is 18.7 Å². The maximum atomic E-state index is 13.2. The van der Waals surface area contributed by atoms with Crippen molar-refractivity contribution in [1.29, 1.82) is 0 Å². The molecule has 0 aliphatic carbocycles. The van der Waals surface area contributed by atoms with Gasteiger partial charge in [-0.3, -0.25) is 9.69 Å². The van der Waals surface area contributed by atoms with Crippen LogP contribution in [0.5, 0.6) is 28.7 Å². The van der Waals surface area contributed by atoms with Crippen LogP contribution in [0.15, 0.2) is 60.4 Å². The molecule has 2 aliphatic rings. The molecule has 5 rings (SSSR count). The van der Waals surface area contributed by atoms with E-state index in [0.29, 0.717) is 41.7 Å². The average molecular weight is 474 g/mol. The molecule has 7 heteroatoms. The minimum atomic E-state index is -0.168. The Morgan fingerprint density at radius 1 is 0.943 bits per heavy atom. The van der Waals surface area contributed by atoms with Crippen LogP contribution in [-0.4, -0.2) is 45.3 Å². The standard InChI is InChI=1S/C28H27NO6/c1-31-22-9-5-4-7-18(22)13-14-29-16-21-23(34-17-29)12-11-20-26(30)25(35-28(20)21)15-19-8-6-10-24(32-2)27(19)33-3/h4-12,15H,13-14,16-17H2,1-3H3/b25-15-. The fourth-order valence-electron chi connectivity index (χ4n) is 4.50. The minimum absolute atomic E-state index is 0.168. The van der Waals surface area contributed by atoms with Crippen LogP contribution in [0.4, 0.5) is 0 Å². The molecule has 2 aliphatic heterocycles. The van der Waals surface area contributed by atoms with Gasteiger partial charge in [-0.05, 0) is 42.3 Å². The Morgan fingerprint density at radius 3 is 2.54 bits per heavy atom. The van der Waals surface area contributed by atoms with Crippen LogP contribution in [0.3, 0.4) is 0 Å². The number of ketones is 1. The van der Waals surface area contributed by atoms with E-state index in [-0.39, 0.29) is 11.5 Å². The van der Waals surface area contributed by atoms with Gasteiger partial charge < -0.3 is 23.7 Å². The Hall–Kier alpha value is -3.97. The highest BCUT2D eigenvalue weighted by Crippen LogP contribution is 2.43. The van der Waals surface area contributed by atoms with Crippen molar-refractivity contribution in [2.45, 2.75) is 13.0 Å². The lowest BCUT2D eigenvalue weighted by Crippen LogP contribution is -2.33. The molecule has 7 nitrogen and oxygen atoms in total. The molecule has 0 spiro atoms. The largest absolute Gasteiger partial charge is 0.496 e. The van der Waals surface area contributed by atoms with Crippen LogP contribution in [0, 0.1) is 0 Å². The first-order valence-electron chi connectivity index (χ1n) is 11.4. The van der Waals surface area contributed by atoms with Crippen LogP contribution in [0.2, 0.25) is 0 Å². The fraction of sp³-hybridized carbons (Fsp3) is 0.250. The van der Waals surface area contributed by atoms with Crippen molar-refractivity contribution < 1.29 is 28.5 Å². The molecule has 0 fully saturated rings. The summed E-state index contributed by atoms with van der Waals surface area (Å²) in [5, 5.41) is 0. The van der Waals surface area contributed by atoms with E-state index in [1.54, 1.807) is 39.5 Å². The smallest absolute Gasteiger partial charge is 0.231 e. The molecule has 0 atom stereocenters. The number of hydrogen-bond acceptors (Lipinski definition) is 7. The number of para-hydroxylation sites is 2. The van der Waals surface area contributed by atoms with E-state index >= 15 is 0 Å². The van der Waals surface area contributed by atoms with E-state index in [1.165, 1.54) is 0 Å². The number of methoxy groups -OCH3 is 3. The lowest BCUT2D eigenvalue weighted by Gasteiger charge is -2.29. The third-order valence-electron chi connectivity index (χ3n) is 6.29. The molecule has 0 unspecified atom stereocenters. The van der Waals surface area contributed by atoms with Crippen LogP contribution in [-0.2, 0) is 13.0 Å². The van der Waals surface area contributed by atoms with Gasteiger partial charge in [0.05, 0.1) is 32.5 Å². The van der Waals surface area contributed by atoms with Gasteiger partial charge in [-0.1, -0.05) is 30.3 Å². The Labute approximate surface area is 204 Å². The Bertz CT molecular complexity index is 1300. The normalized spacial score (nSPS) is 15.7. The number of carbonyl (C=O) groups excluding carboxylic acids is 1. The predicted molar refractivity (Wildman–Crippen MR) is 132 cm³/mol. The summed E-state index contributed by atoms with van der Waals surface area (Å²) in [6, 6.07) is 17.1. The SMILES string of the molecule is COc1ccccc1CCN1COc2ccc3c(c2C1)O/C(=C\c1cccc(OC)c1OC)C3=O. The van der Waals surface area contributed by atoms with E-state index in [2.05, 4.69) is 11.0 Å². The molecule has 180 valence electrons. The number of rotatable bonds is 7. The highest BCUT2D eigenvalue weighted by molar-refractivity contribution is 6.15. The van der Waals surface area contributed by atoms with Gasteiger partial charge in [0.2, 0.25) is 5.78 Å². The number of ether oxygens (including phenoxy) is 5. The first-order valence-corrected chi connectivity index (χ1v) is 11.4. The number of fused-ring (bicyclic) bond motifs is 3. The number of Topliss-reactive ketones (excluding diaryl/α,β-unsaturated/α-hetero) is 1. The zero-order valence-corrected chi connectivity index (χ0v) is 20.0. The highest BCUT2D eigenvalue weighted by Gasteiger charge is 2.34. The molecule has 0 saturated carbocycles. The van der Waals surface area contributed by atoms with Gasteiger partial charge in [-0.25, -0.2) is 0 Å². The van der Waals surface area contributed by atoms with E-state index in [1.807, 2.05) is 36.4 Å². The number of carbonyl (C=O) groups is 1. The van der Waals surface area contributed by atoms with Crippen LogP contribution < -0.4 is 23.7 Å². The number of benzene rings is 3. The van der Waals surface area contributed by atoms with Crippen LogP contribution in [0.1, 0.15) is 27.0 Å². The van der Waals surface area contributed by atoms with Crippen molar-refractivity contribution in [1.82, 2.24) is 4.90 Å². The van der Waals surface area contributed by atoms with Gasteiger partial charge in [0.25, 0.3) is 0 Å². The molecule has 0 N–H and O–H groups in total. The van der Waals surface area contributed by atoms with Crippen molar-refractivity contribution in [2.24, 2.45) is 0 Å². The molecule has 35 heavy (non-hydrogen) atoms. The molecule has 0 aromatic heterocycles. The Kier molecular flexibility index (Phi) is 6.33. The third-order valence-corrected chi connectivity index (χ3v) is 6.29. The minimum Gasteiger partial charge on any atom is -0.496 e. The van der Waals surface area contributed by atoms with E-state index < -0.39 is 0 Å². The Balaban J connectivity index is 1.38. The predicted octanol–water partition coefficient (Wildman–Crippen LogP) is 4.72. The summed E-state index contributed by atoms with van der Waals surface area (Å²) < 4.78 is 28.5.